The Balaban J connectivity index is 1.56. The van der Waals surface area contributed by atoms with Gasteiger partial charge in [-0.2, -0.15) is 23.4 Å². The molecule has 2 heterocycles. The predicted octanol–water partition coefficient (Wildman–Crippen LogP) is 4.55. The van der Waals surface area contributed by atoms with Crippen LogP contribution in [-0.2, 0) is 6.18 Å². The zero-order valence-electron chi connectivity index (χ0n) is 18.7. The minimum atomic E-state index is -4.60. The van der Waals surface area contributed by atoms with E-state index in [1.165, 1.54) is 24.5 Å². The van der Waals surface area contributed by atoms with Gasteiger partial charge in [-0.25, -0.2) is 0 Å². The molecule has 0 spiro atoms. The molecule has 1 fully saturated rings. The van der Waals surface area contributed by atoms with E-state index in [1.54, 1.807) is 29.2 Å². The van der Waals surface area contributed by atoms with Crippen LogP contribution in [-0.4, -0.2) is 54.2 Å². The van der Waals surface area contributed by atoms with Gasteiger partial charge in [0.25, 0.3) is 5.91 Å². The molecule has 1 aliphatic heterocycles. The summed E-state index contributed by atoms with van der Waals surface area (Å²) < 4.78 is 41.6. The van der Waals surface area contributed by atoms with Crippen LogP contribution in [0.2, 0.25) is 5.02 Å². The van der Waals surface area contributed by atoms with Crippen molar-refractivity contribution in [3.05, 3.63) is 82.1 Å². The number of hydrogen-bond donors (Lipinski definition) is 1. The smallest absolute Gasteiger partial charge is 0.368 e. The van der Waals surface area contributed by atoms with Gasteiger partial charge < -0.3 is 15.1 Å². The first-order valence-corrected chi connectivity index (χ1v) is 11.1. The van der Waals surface area contributed by atoms with Crippen molar-refractivity contribution in [2.75, 3.05) is 43.4 Å². The maximum atomic E-state index is 13.9. The van der Waals surface area contributed by atoms with Gasteiger partial charge in [-0.3, -0.25) is 4.79 Å². The predicted molar refractivity (Wildman–Crippen MR) is 129 cm³/mol. The molecule has 0 radical (unpaired) electrons. The van der Waals surface area contributed by atoms with Gasteiger partial charge in [0.2, 0.25) is 0 Å². The van der Waals surface area contributed by atoms with Crippen LogP contribution in [0.1, 0.15) is 27.0 Å². The van der Waals surface area contributed by atoms with Gasteiger partial charge in [0.15, 0.2) is 0 Å². The third kappa shape index (κ3) is 6.10. The maximum absolute atomic E-state index is 13.9. The summed E-state index contributed by atoms with van der Waals surface area (Å²) in [5.41, 5.74) is 0.585. The Labute approximate surface area is 205 Å². The first-order valence-electron chi connectivity index (χ1n) is 10.7. The molecule has 10 heteroatoms. The summed E-state index contributed by atoms with van der Waals surface area (Å²) in [6.45, 7) is 2.29. The Kier molecular flexibility index (Phi) is 7.24. The lowest BCUT2D eigenvalue weighted by atomic mass is 10.1. The molecule has 0 saturated carbocycles. The summed E-state index contributed by atoms with van der Waals surface area (Å²) in [6, 6.07) is 10.0. The largest absolute Gasteiger partial charge is 0.418 e. The minimum Gasteiger partial charge on any atom is -0.368 e. The molecule has 0 unspecified atom stereocenters. The zero-order chi connectivity index (χ0) is 25.0. The van der Waals surface area contributed by atoms with Gasteiger partial charge in [0, 0.05) is 54.2 Å². The van der Waals surface area contributed by atoms with Crippen LogP contribution in [0.25, 0.3) is 0 Å². The van der Waals surface area contributed by atoms with Crippen LogP contribution >= 0.6 is 11.6 Å². The number of halogens is 4. The number of nitrogens with zero attached hydrogens (tertiary/aromatic N) is 4. The molecule has 180 valence electrons. The lowest BCUT2D eigenvalue weighted by Gasteiger charge is -2.35. The number of nitrogens with one attached hydrogen (secondary N) is 1. The molecule has 1 saturated heterocycles. The maximum Gasteiger partial charge on any atom is 0.418 e. The van der Waals surface area contributed by atoms with E-state index in [0.717, 1.165) is 6.07 Å². The fourth-order valence-corrected chi connectivity index (χ4v) is 3.80. The molecular weight excluding hydrogens is 479 g/mol. The number of carbonyl (C=O) groups is 1. The molecule has 0 atom stereocenters. The number of benzene rings is 2. The first-order chi connectivity index (χ1) is 16.7. The molecule has 0 aliphatic carbocycles. The number of anilines is 2. The number of rotatable bonds is 3. The Hall–Kier alpha value is -3.61. The third-order valence-electron chi connectivity index (χ3n) is 5.56. The number of piperazine rings is 1. The van der Waals surface area contributed by atoms with Crippen molar-refractivity contribution in [3.8, 4) is 11.8 Å². The quantitative estimate of drug-likeness (QED) is 0.536. The molecule has 3 aromatic rings. The van der Waals surface area contributed by atoms with E-state index < -0.39 is 17.6 Å². The average molecular weight is 500 g/mol. The molecule has 0 bridgehead atoms. The Morgan fingerprint density at radius 3 is 2.49 bits per heavy atom. The van der Waals surface area contributed by atoms with Crippen molar-refractivity contribution in [3.63, 3.8) is 0 Å². The van der Waals surface area contributed by atoms with E-state index in [-0.39, 0.29) is 11.3 Å². The highest BCUT2D eigenvalue weighted by Crippen LogP contribution is 2.37. The van der Waals surface area contributed by atoms with Crippen LogP contribution < -0.4 is 10.2 Å². The fraction of sp³-hybridized carbons (Fsp3) is 0.240. The van der Waals surface area contributed by atoms with E-state index in [1.807, 2.05) is 7.05 Å². The highest BCUT2D eigenvalue weighted by Gasteiger charge is 2.36. The number of likely N-dealkylation sites (N-methyl/N-ethyl adjacent to an activating group) is 1. The molecule has 6 nitrogen and oxygen atoms in total. The molecular formula is C25H21ClF3N5O. The topological polar surface area (TPSA) is 61.4 Å². The number of carbonyl (C=O) groups excluding carboxylic acids is 1. The second-order valence-electron chi connectivity index (χ2n) is 8.05. The summed E-state index contributed by atoms with van der Waals surface area (Å²) in [4.78, 5) is 16.6. The SMILES string of the molecule is CN1CCN(c2ccc(C(=O)Nc3ccc(Cl)c(C#Cc4ccnnc4)c3)cc2C(F)(F)F)CC1. The van der Waals surface area contributed by atoms with E-state index >= 15 is 0 Å². The van der Waals surface area contributed by atoms with Crippen LogP contribution in [0, 0.1) is 11.8 Å². The number of alkyl halides is 3. The summed E-state index contributed by atoms with van der Waals surface area (Å²) in [7, 11) is 1.93. The summed E-state index contributed by atoms with van der Waals surface area (Å²) >= 11 is 6.21. The van der Waals surface area contributed by atoms with Gasteiger partial charge in [-0.05, 0) is 49.5 Å². The van der Waals surface area contributed by atoms with Crippen molar-refractivity contribution in [2.45, 2.75) is 6.18 Å². The normalized spacial score (nSPS) is 14.3. The summed E-state index contributed by atoms with van der Waals surface area (Å²) in [6.07, 6.45) is -1.59. The monoisotopic (exact) mass is 499 g/mol. The number of amides is 1. The van der Waals surface area contributed by atoms with Crippen LogP contribution in [0.4, 0.5) is 24.5 Å². The number of hydrogen-bond acceptors (Lipinski definition) is 5. The lowest BCUT2D eigenvalue weighted by molar-refractivity contribution is -0.137. The van der Waals surface area contributed by atoms with Gasteiger partial charge in [0.1, 0.15) is 0 Å². The van der Waals surface area contributed by atoms with Gasteiger partial charge in [0.05, 0.1) is 23.0 Å². The van der Waals surface area contributed by atoms with Crippen molar-refractivity contribution >= 4 is 28.9 Å². The average Bonchev–Trinajstić information content (AvgIpc) is 2.84. The fourth-order valence-electron chi connectivity index (χ4n) is 3.63. The Morgan fingerprint density at radius 1 is 1.03 bits per heavy atom. The second-order valence-corrected chi connectivity index (χ2v) is 8.46. The second kappa shape index (κ2) is 10.3. The molecule has 1 N–H and O–H groups in total. The summed E-state index contributed by atoms with van der Waals surface area (Å²) in [5.74, 6) is 5.13. The molecule has 1 aliphatic rings. The van der Waals surface area contributed by atoms with Gasteiger partial charge in [-0.1, -0.05) is 23.4 Å². The first kappa shape index (κ1) is 24.5. The van der Waals surface area contributed by atoms with Gasteiger partial charge >= 0.3 is 6.18 Å². The third-order valence-corrected chi connectivity index (χ3v) is 5.89. The van der Waals surface area contributed by atoms with Crippen LogP contribution in [0.15, 0.2) is 54.9 Å². The van der Waals surface area contributed by atoms with E-state index in [9.17, 15) is 18.0 Å². The molecule has 2 aromatic carbocycles. The zero-order valence-corrected chi connectivity index (χ0v) is 19.5. The Bertz CT molecular complexity index is 1280. The van der Waals surface area contributed by atoms with E-state index in [4.69, 9.17) is 11.6 Å². The van der Waals surface area contributed by atoms with Crippen molar-refractivity contribution in [2.24, 2.45) is 0 Å². The van der Waals surface area contributed by atoms with E-state index in [2.05, 4.69) is 32.3 Å². The molecule has 4 rings (SSSR count). The van der Waals surface area contributed by atoms with Crippen LogP contribution in [0.5, 0.6) is 0 Å². The molecule has 1 aromatic heterocycles. The summed E-state index contributed by atoms with van der Waals surface area (Å²) in [5, 5.41) is 10.4. The number of aromatic nitrogens is 2. The minimum absolute atomic E-state index is 0.0804. The lowest BCUT2D eigenvalue weighted by Crippen LogP contribution is -2.45. The van der Waals surface area contributed by atoms with Crippen molar-refractivity contribution in [1.29, 1.82) is 0 Å². The molecule has 1 amide bonds. The van der Waals surface area contributed by atoms with E-state index in [0.29, 0.717) is 48.0 Å². The van der Waals surface area contributed by atoms with Crippen molar-refractivity contribution in [1.82, 2.24) is 15.1 Å². The highest BCUT2D eigenvalue weighted by atomic mass is 35.5. The highest BCUT2D eigenvalue weighted by molar-refractivity contribution is 6.31. The standard InChI is InChI=1S/C25H21ClF3N5O/c1-33-10-12-34(13-11-33)23-7-4-19(15-21(23)25(27,28)29)24(35)32-20-5-6-22(26)18(14-20)3-2-17-8-9-30-31-16-17/h4-9,14-16H,10-13H2,1H3,(H,32,35). The van der Waals surface area contributed by atoms with Gasteiger partial charge in [-0.15, -0.1) is 0 Å². The van der Waals surface area contributed by atoms with Crippen molar-refractivity contribution < 1.29 is 18.0 Å². The molecule has 35 heavy (non-hydrogen) atoms. The Morgan fingerprint density at radius 2 is 1.80 bits per heavy atom. The van der Waals surface area contributed by atoms with Crippen LogP contribution in [0.3, 0.4) is 0 Å².